The summed E-state index contributed by atoms with van der Waals surface area (Å²) in [6.45, 7) is 8.18. The van der Waals surface area contributed by atoms with Gasteiger partial charge in [-0.3, -0.25) is 14.5 Å². The smallest absolute Gasteiger partial charge is 0.252 e. The Morgan fingerprint density at radius 2 is 1.83 bits per heavy atom. The lowest BCUT2D eigenvalue weighted by Gasteiger charge is -2.40. The zero-order valence-corrected chi connectivity index (χ0v) is 18.1. The molecule has 4 rings (SSSR count). The molecule has 2 N–H and O–H groups in total. The minimum atomic E-state index is -0.572. The fourth-order valence-corrected chi connectivity index (χ4v) is 4.78. The average molecular weight is 406 g/mol. The van der Waals surface area contributed by atoms with Crippen LogP contribution in [-0.2, 0) is 17.6 Å². The molecule has 2 aliphatic heterocycles. The topological polar surface area (TPSA) is 61.4 Å². The van der Waals surface area contributed by atoms with Gasteiger partial charge in [0.25, 0.3) is 5.91 Å². The number of nitrogens with zero attached hydrogens (tertiary/aromatic N) is 1. The lowest BCUT2D eigenvalue weighted by molar-refractivity contribution is -0.127. The third-order valence-corrected chi connectivity index (χ3v) is 6.12. The molecule has 158 valence electrons. The van der Waals surface area contributed by atoms with Crippen molar-refractivity contribution in [3.05, 3.63) is 71.3 Å². The fourth-order valence-electron chi connectivity index (χ4n) is 4.78. The van der Waals surface area contributed by atoms with Gasteiger partial charge < -0.3 is 10.6 Å². The van der Waals surface area contributed by atoms with Gasteiger partial charge in [-0.05, 0) is 50.8 Å². The van der Waals surface area contributed by atoms with Crippen molar-refractivity contribution in [3.63, 3.8) is 0 Å². The molecule has 0 unspecified atom stereocenters. The van der Waals surface area contributed by atoms with E-state index in [1.165, 1.54) is 5.56 Å². The molecule has 0 saturated carbocycles. The van der Waals surface area contributed by atoms with Crippen LogP contribution in [-0.4, -0.2) is 47.4 Å². The Balaban J connectivity index is 1.59. The normalized spacial score (nSPS) is 23.8. The molecule has 2 heterocycles. The number of benzene rings is 2. The molecule has 2 amide bonds. The van der Waals surface area contributed by atoms with E-state index in [0.29, 0.717) is 19.5 Å². The second-order valence-corrected chi connectivity index (χ2v) is 9.71. The number of nitrogens with one attached hydrogen (secondary N) is 2. The predicted octanol–water partition coefficient (Wildman–Crippen LogP) is 2.80. The summed E-state index contributed by atoms with van der Waals surface area (Å²) in [5, 5.41) is 6.40. The highest BCUT2D eigenvalue weighted by Crippen LogP contribution is 2.36. The Morgan fingerprint density at radius 1 is 1.13 bits per heavy atom. The highest BCUT2D eigenvalue weighted by Gasteiger charge is 2.53. The van der Waals surface area contributed by atoms with E-state index in [9.17, 15) is 9.59 Å². The maximum atomic E-state index is 13.3. The number of amides is 2. The molecule has 30 heavy (non-hydrogen) atoms. The number of hydrogen-bond donors (Lipinski definition) is 2. The van der Waals surface area contributed by atoms with Gasteiger partial charge in [0.1, 0.15) is 0 Å². The van der Waals surface area contributed by atoms with E-state index in [2.05, 4.69) is 39.8 Å². The van der Waals surface area contributed by atoms with Gasteiger partial charge in [-0.2, -0.15) is 0 Å². The van der Waals surface area contributed by atoms with Crippen LogP contribution in [0.5, 0.6) is 0 Å². The molecule has 0 radical (unpaired) electrons. The number of fused-ring (bicyclic) bond motifs is 1. The Bertz CT molecular complexity index is 935. The monoisotopic (exact) mass is 405 g/mol. The predicted molar refractivity (Wildman–Crippen MR) is 118 cm³/mol. The zero-order chi connectivity index (χ0) is 21.4. The van der Waals surface area contributed by atoms with Crippen LogP contribution < -0.4 is 10.6 Å². The van der Waals surface area contributed by atoms with Crippen molar-refractivity contribution >= 4 is 11.8 Å². The molecule has 1 saturated heterocycles. The van der Waals surface area contributed by atoms with Crippen molar-refractivity contribution < 1.29 is 9.59 Å². The van der Waals surface area contributed by atoms with Gasteiger partial charge in [-0.1, -0.05) is 48.5 Å². The fraction of sp³-hybridized carbons (Fsp3) is 0.440. The lowest BCUT2D eigenvalue weighted by atomic mass is 9.76. The summed E-state index contributed by atoms with van der Waals surface area (Å²) in [6.07, 6.45) is 1.61. The summed E-state index contributed by atoms with van der Waals surface area (Å²) in [4.78, 5) is 28.5. The second-order valence-electron chi connectivity index (χ2n) is 9.71. The summed E-state index contributed by atoms with van der Waals surface area (Å²) >= 11 is 0. The number of carbonyl (C=O) groups excluding carboxylic acids is 2. The van der Waals surface area contributed by atoms with Gasteiger partial charge in [0.05, 0.1) is 11.5 Å². The first-order valence-electron chi connectivity index (χ1n) is 10.7. The first-order valence-corrected chi connectivity index (χ1v) is 10.7. The van der Waals surface area contributed by atoms with Gasteiger partial charge in [0.2, 0.25) is 5.91 Å². The largest absolute Gasteiger partial charge is 0.351 e. The van der Waals surface area contributed by atoms with Crippen molar-refractivity contribution in [2.75, 3.05) is 19.6 Å². The SMILES string of the molecule is CC(C)(C)NC(=O)[C@@H]1CN(CCc2ccccc2)C[C@]12Cc1ccccc1C(=O)N2. The third kappa shape index (κ3) is 4.26. The quantitative estimate of drug-likeness (QED) is 0.822. The van der Waals surface area contributed by atoms with E-state index in [1.807, 2.05) is 51.1 Å². The molecule has 1 fully saturated rings. The van der Waals surface area contributed by atoms with Crippen molar-refractivity contribution in [2.45, 2.75) is 44.7 Å². The molecule has 0 bridgehead atoms. The van der Waals surface area contributed by atoms with Gasteiger partial charge in [-0.25, -0.2) is 0 Å². The third-order valence-electron chi connectivity index (χ3n) is 6.12. The summed E-state index contributed by atoms with van der Waals surface area (Å²) in [5.74, 6) is -0.343. The molecule has 1 spiro atoms. The van der Waals surface area contributed by atoms with Crippen LogP contribution in [0.4, 0.5) is 0 Å². The molecule has 2 atom stereocenters. The average Bonchev–Trinajstić information content (AvgIpc) is 3.03. The maximum absolute atomic E-state index is 13.3. The molecule has 5 nitrogen and oxygen atoms in total. The molecular weight excluding hydrogens is 374 g/mol. The summed E-state index contributed by atoms with van der Waals surface area (Å²) in [5.41, 5.74) is 2.15. The van der Waals surface area contributed by atoms with Crippen LogP contribution in [0.15, 0.2) is 54.6 Å². The van der Waals surface area contributed by atoms with Gasteiger partial charge in [0, 0.05) is 30.7 Å². The number of hydrogen-bond acceptors (Lipinski definition) is 3. The van der Waals surface area contributed by atoms with Crippen LogP contribution in [0.3, 0.4) is 0 Å². The minimum Gasteiger partial charge on any atom is -0.351 e. The van der Waals surface area contributed by atoms with Gasteiger partial charge in [-0.15, -0.1) is 0 Å². The first kappa shape index (κ1) is 20.6. The van der Waals surface area contributed by atoms with Gasteiger partial charge >= 0.3 is 0 Å². The van der Waals surface area contributed by atoms with Crippen molar-refractivity contribution in [1.29, 1.82) is 0 Å². The Hall–Kier alpha value is -2.66. The van der Waals surface area contributed by atoms with E-state index in [1.54, 1.807) is 0 Å². The molecule has 0 aromatic heterocycles. The van der Waals surface area contributed by atoms with Crippen LogP contribution in [0.1, 0.15) is 42.3 Å². The minimum absolute atomic E-state index is 0.0180. The number of carbonyl (C=O) groups is 2. The van der Waals surface area contributed by atoms with Crippen molar-refractivity contribution in [3.8, 4) is 0 Å². The van der Waals surface area contributed by atoms with E-state index in [4.69, 9.17) is 0 Å². The van der Waals surface area contributed by atoms with Crippen LogP contribution in [0, 0.1) is 5.92 Å². The lowest BCUT2D eigenvalue weighted by Crippen LogP contribution is -2.62. The Morgan fingerprint density at radius 3 is 2.57 bits per heavy atom. The zero-order valence-electron chi connectivity index (χ0n) is 18.1. The van der Waals surface area contributed by atoms with E-state index in [0.717, 1.165) is 24.1 Å². The molecule has 2 aliphatic rings. The molecule has 2 aromatic carbocycles. The van der Waals surface area contributed by atoms with E-state index in [-0.39, 0.29) is 23.3 Å². The highest BCUT2D eigenvalue weighted by molar-refractivity contribution is 5.98. The van der Waals surface area contributed by atoms with Gasteiger partial charge in [0.15, 0.2) is 0 Å². The maximum Gasteiger partial charge on any atom is 0.252 e. The number of rotatable bonds is 4. The molecule has 5 heteroatoms. The van der Waals surface area contributed by atoms with Crippen molar-refractivity contribution in [2.24, 2.45) is 5.92 Å². The van der Waals surface area contributed by atoms with Crippen LogP contribution in [0.2, 0.25) is 0 Å². The van der Waals surface area contributed by atoms with E-state index >= 15 is 0 Å². The molecule has 2 aromatic rings. The molecular formula is C25H31N3O2. The molecule has 0 aliphatic carbocycles. The van der Waals surface area contributed by atoms with Crippen LogP contribution in [0.25, 0.3) is 0 Å². The summed E-state index contributed by atoms with van der Waals surface area (Å²) in [6, 6.07) is 18.1. The first-order chi connectivity index (χ1) is 14.3. The van der Waals surface area contributed by atoms with E-state index < -0.39 is 5.54 Å². The highest BCUT2D eigenvalue weighted by atomic mass is 16.2. The van der Waals surface area contributed by atoms with Crippen molar-refractivity contribution in [1.82, 2.24) is 15.5 Å². The second kappa shape index (κ2) is 7.88. The van der Waals surface area contributed by atoms with Crippen LogP contribution >= 0.6 is 0 Å². The summed E-state index contributed by atoms with van der Waals surface area (Å²) in [7, 11) is 0. The summed E-state index contributed by atoms with van der Waals surface area (Å²) < 4.78 is 0. The standard InChI is InChI=1S/C25H31N3O2/c1-24(2,3)26-23(30)21-16-28(14-13-18-9-5-4-6-10-18)17-25(21)15-19-11-7-8-12-20(19)22(29)27-25/h4-12,21H,13-17H2,1-3H3,(H,26,30)(H,27,29)/t21-,25+/m0/s1. The Kier molecular flexibility index (Phi) is 5.41. The Labute approximate surface area is 178 Å². The number of likely N-dealkylation sites (tertiary alicyclic amines) is 1.